The van der Waals surface area contributed by atoms with Crippen molar-refractivity contribution in [1.29, 1.82) is 0 Å². The molecule has 0 aromatic rings. The van der Waals surface area contributed by atoms with Crippen LogP contribution >= 0.6 is 12.2 Å². The van der Waals surface area contributed by atoms with Gasteiger partial charge in [-0.15, -0.1) is 0 Å². The van der Waals surface area contributed by atoms with E-state index in [9.17, 15) is 0 Å². The van der Waals surface area contributed by atoms with Gasteiger partial charge in [-0.1, -0.05) is 13.8 Å². The third-order valence-corrected chi connectivity index (χ3v) is 2.30. The van der Waals surface area contributed by atoms with Gasteiger partial charge in [-0.05, 0) is 31.0 Å². The second-order valence-corrected chi connectivity index (χ2v) is 4.76. The van der Waals surface area contributed by atoms with E-state index < -0.39 is 0 Å². The van der Waals surface area contributed by atoms with Crippen molar-refractivity contribution in [1.82, 2.24) is 10.6 Å². The van der Waals surface area contributed by atoms with E-state index in [1.807, 2.05) is 0 Å². The van der Waals surface area contributed by atoms with Crippen LogP contribution in [0.2, 0.25) is 0 Å². The highest BCUT2D eigenvalue weighted by Gasteiger charge is 1.96. The van der Waals surface area contributed by atoms with Gasteiger partial charge in [-0.3, -0.25) is 0 Å². The van der Waals surface area contributed by atoms with Gasteiger partial charge >= 0.3 is 0 Å². The second-order valence-electron chi connectivity index (χ2n) is 4.35. The van der Waals surface area contributed by atoms with Crippen molar-refractivity contribution < 1.29 is 9.47 Å². The normalized spacial score (nSPS) is 10.6. The first-order valence-electron chi connectivity index (χ1n) is 6.25. The molecule has 0 radical (unpaired) electrons. The summed E-state index contributed by atoms with van der Waals surface area (Å²) in [4.78, 5) is 0. The molecule has 0 amide bonds. The lowest BCUT2D eigenvalue weighted by molar-refractivity contribution is 0.108. The zero-order valence-electron chi connectivity index (χ0n) is 11.3. The Morgan fingerprint density at radius 3 is 2.24 bits per heavy atom. The smallest absolute Gasteiger partial charge is 0.166 e. The minimum atomic E-state index is 0.603. The van der Waals surface area contributed by atoms with Crippen LogP contribution in [0.25, 0.3) is 0 Å². The molecule has 0 spiro atoms. The first-order valence-corrected chi connectivity index (χ1v) is 6.66. The lowest BCUT2D eigenvalue weighted by atomic mass is 10.2. The summed E-state index contributed by atoms with van der Waals surface area (Å²) in [7, 11) is 1.70. The molecule has 5 heteroatoms. The van der Waals surface area contributed by atoms with E-state index in [0.717, 1.165) is 45.8 Å². The molecule has 2 N–H and O–H groups in total. The van der Waals surface area contributed by atoms with Crippen LogP contribution in [0.4, 0.5) is 0 Å². The predicted molar refractivity (Wildman–Crippen MR) is 75.4 cm³/mol. The van der Waals surface area contributed by atoms with Crippen LogP contribution in [0.3, 0.4) is 0 Å². The Morgan fingerprint density at radius 1 is 1.12 bits per heavy atom. The first kappa shape index (κ1) is 16.6. The van der Waals surface area contributed by atoms with Gasteiger partial charge in [-0.2, -0.15) is 0 Å². The zero-order valence-corrected chi connectivity index (χ0v) is 12.1. The molecule has 0 unspecified atom stereocenters. The maximum Gasteiger partial charge on any atom is 0.166 e. The van der Waals surface area contributed by atoms with E-state index in [0.29, 0.717) is 11.0 Å². The molecule has 102 valence electrons. The van der Waals surface area contributed by atoms with Crippen LogP contribution in [0.1, 0.15) is 26.7 Å². The molecule has 0 saturated carbocycles. The number of methoxy groups -OCH3 is 1. The molecular weight excluding hydrogens is 236 g/mol. The third-order valence-electron chi connectivity index (χ3n) is 2.01. The largest absolute Gasteiger partial charge is 0.385 e. The summed E-state index contributed by atoms with van der Waals surface area (Å²) in [6, 6.07) is 0. The van der Waals surface area contributed by atoms with Gasteiger partial charge in [0.25, 0.3) is 0 Å². The molecule has 0 aromatic carbocycles. The number of rotatable bonds is 10. The Morgan fingerprint density at radius 2 is 1.71 bits per heavy atom. The van der Waals surface area contributed by atoms with Crippen molar-refractivity contribution >= 4 is 17.3 Å². The molecule has 0 fully saturated rings. The lowest BCUT2D eigenvalue weighted by Gasteiger charge is -2.10. The van der Waals surface area contributed by atoms with Crippen molar-refractivity contribution in [2.24, 2.45) is 5.92 Å². The van der Waals surface area contributed by atoms with Crippen molar-refractivity contribution in [3.63, 3.8) is 0 Å². The minimum Gasteiger partial charge on any atom is -0.385 e. The molecule has 0 aliphatic heterocycles. The molecule has 0 aromatic heterocycles. The fourth-order valence-electron chi connectivity index (χ4n) is 1.18. The van der Waals surface area contributed by atoms with Crippen LogP contribution in [0.15, 0.2) is 0 Å². The topological polar surface area (TPSA) is 42.5 Å². The molecular formula is C12H26N2O2S. The van der Waals surface area contributed by atoms with Gasteiger partial charge in [0.2, 0.25) is 0 Å². The fourth-order valence-corrected chi connectivity index (χ4v) is 1.38. The van der Waals surface area contributed by atoms with E-state index in [-0.39, 0.29) is 0 Å². The fraction of sp³-hybridized carbons (Fsp3) is 0.917. The maximum atomic E-state index is 5.47. The van der Waals surface area contributed by atoms with Gasteiger partial charge in [0.15, 0.2) is 5.11 Å². The molecule has 0 rings (SSSR count). The summed E-state index contributed by atoms with van der Waals surface area (Å²) in [5.41, 5.74) is 0. The summed E-state index contributed by atoms with van der Waals surface area (Å²) < 4.78 is 10.4. The van der Waals surface area contributed by atoms with Crippen LogP contribution in [0.5, 0.6) is 0 Å². The number of hydrogen-bond donors (Lipinski definition) is 2. The van der Waals surface area contributed by atoms with Crippen molar-refractivity contribution in [2.75, 3.05) is 40.0 Å². The monoisotopic (exact) mass is 262 g/mol. The standard InChI is InChI=1S/C12H26N2O2S/c1-11(2)10-16-9-5-7-14-12(17)13-6-4-8-15-3/h11H,4-10H2,1-3H3,(H2,13,14,17). The highest BCUT2D eigenvalue weighted by atomic mass is 32.1. The highest BCUT2D eigenvalue weighted by molar-refractivity contribution is 7.80. The van der Waals surface area contributed by atoms with E-state index in [1.165, 1.54) is 0 Å². The summed E-state index contributed by atoms with van der Waals surface area (Å²) in [6.45, 7) is 8.39. The first-order chi connectivity index (χ1) is 8.16. The Kier molecular flexibility index (Phi) is 11.8. The summed E-state index contributed by atoms with van der Waals surface area (Å²) in [6.07, 6.45) is 1.95. The van der Waals surface area contributed by atoms with E-state index in [4.69, 9.17) is 21.7 Å². The average molecular weight is 262 g/mol. The molecule has 0 saturated heterocycles. The van der Waals surface area contributed by atoms with Crippen molar-refractivity contribution in [2.45, 2.75) is 26.7 Å². The third kappa shape index (κ3) is 13.5. The minimum absolute atomic E-state index is 0.603. The molecule has 4 nitrogen and oxygen atoms in total. The van der Waals surface area contributed by atoms with Gasteiger partial charge in [0, 0.05) is 40.0 Å². The SMILES string of the molecule is COCCCNC(=S)NCCCOCC(C)C. The van der Waals surface area contributed by atoms with Gasteiger partial charge in [-0.25, -0.2) is 0 Å². The predicted octanol–water partition coefficient (Wildman–Crippen LogP) is 1.55. The number of ether oxygens (including phenoxy) is 2. The van der Waals surface area contributed by atoms with E-state index in [1.54, 1.807) is 7.11 Å². The molecule has 0 aliphatic rings. The van der Waals surface area contributed by atoms with Crippen LogP contribution in [-0.4, -0.2) is 45.1 Å². The Bertz CT molecular complexity index is 189. The number of nitrogens with one attached hydrogen (secondary N) is 2. The summed E-state index contributed by atoms with van der Waals surface area (Å²) in [5.74, 6) is 0.603. The quantitative estimate of drug-likeness (QED) is 0.462. The zero-order chi connectivity index (χ0) is 12.9. The lowest BCUT2D eigenvalue weighted by Crippen LogP contribution is -2.36. The maximum absolute atomic E-state index is 5.47. The van der Waals surface area contributed by atoms with E-state index in [2.05, 4.69) is 24.5 Å². The van der Waals surface area contributed by atoms with Gasteiger partial charge in [0.1, 0.15) is 0 Å². The Balaban J connectivity index is 3.16. The highest BCUT2D eigenvalue weighted by Crippen LogP contribution is 1.92. The van der Waals surface area contributed by atoms with E-state index >= 15 is 0 Å². The number of hydrogen-bond acceptors (Lipinski definition) is 3. The molecule has 17 heavy (non-hydrogen) atoms. The second kappa shape index (κ2) is 12.1. The number of thiocarbonyl (C=S) groups is 1. The molecule has 0 aliphatic carbocycles. The summed E-state index contributed by atoms with van der Waals surface area (Å²) >= 11 is 5.12. The van der Waals surface area contributed by atoms with Crippen LogP contribution in [0, 0.1) is 5.92 Å². The summed E-state index contributed by atoms with van der Waals surface area (Å²) in [5, 5.41) is 6.99. The van der Waals surface area contributed by atoms with Crippen molar-refractivity contribution in [3.8, 4) is 0 Å². The molecule has 0 atom stereocenters. The Labute approximate surface area is 110 Å². The molecule has 0 bridgehead atoms. The van der Waals surface area contributed by atoms with Crippen molar-refractivity contribution in [3.05, 3.63) is 0 Å². The Hall–Kier alpha value is -0.390. The van der Waals surface area contributed by atoms with Crippen LogP contribution in [-0.2, 0) is 9.47 Å². The molecule has 0 heterocycles. The van der Waals surface area contributed by atoms with Gasteiger partial charge < -0.3 is 20.1 Å². The average Bonchev–Trinajstić information content (AvgIpc) is 2.29. The van der Waals surface area contributed by atoms with Gasteiger partial charge in [0.05, 0.1) is 0 Å². The van der Waals surface area contributed by atoms with Crippen LogP contribution < -0.4 is 10.6 Å².